The second-order valence-corrected chi connectivity index (χ2v) is 6.23. The molecule has 2 atom stereocenters. The van der Waals surface area contributed by atoms with Crippen LogP contribution in [0.4, 0.5) is 0 Å². The first-order chi connectivity index (χ1) is 7.43. The normalized spacial score (nSPS) is 27.9. The van der Waals surface area contributed by atoms with E-state index in [0.29, 0.717) is 0 Å². The van der Waals surface area contributed by atoms with Crippen LogP contribution in [0.25, 0.3) is 0 Å². The van der Waals surface area contributed by atoms with Gasteiger partial charge in [-0.25, -0.2) is 0 Å². The molecule has 16 heavy (non-hydrogen) atoms. The first-order valence-corrected chi connectivity index (χ1v) is 6.53. The Morgan fingerprint density at radius 1 is 1.31 bits per heavy atom. The van der Waals surface area contributed by atoms with Crippen LogP contribution in [-0.4, -0.2) is 19.6 Å². The number of aliphatic imine (C=N–C) groups is 1. The van der Waals surface area contributed by atoms with E-state index in [1.807, 2.05) is 7.05 Å². The topological polar surface area (TPSA) is 21.6 Å². The monoisotopic (exact) mass is 225 g/mol. The third-order valence-electron chi connectivity index (χ3n) is 3.35. The van der Waals surface area contributed by atoms with E-state index in [4.69, 9.17) is 4.74 Å². The van der Waals surface area contributed by atoms with Crippen LogP contribution in [0, 0.1) is 17.3 Å². The zero-order valence-electron chi connectivity index (χ0n) is 11.5. The molecule has 1 rings (SSSR count). The Hall–Kier alpha value is -0.530. The molecule has 0 aliphatic heterocycles. The summed E-state index contributed by atoms with van der Waals surface area (Å²) in [6.07, 6.45) is 5.40. The molecule has 1 fully saturated rings. The van der Waals surface area contributed by atoms with Crippen LogP contribution in [0.2, 0.25) is 0 Å². The molecule has 0 aromatic heterocycles. The second-order valence-electron chi connectivity index (χ2n) is 6.23. The molecule has 1 saturated carbocycles. The highest BCUT2D eigenvalue weighted by atomic mass is 16.5. The van der Waals surface area contributed by atoms with Crippen LogP contribution in [0.15, 0.2) is 4.99 Å². The maximum absolute atomic E-state index is 5.89. The Balaban J connectivity index is 2.38. The largest absolute Gasteiger partial charge is 0.480 e. The van der Waals surface area contributed by atoms with E-state index in [0.717, 1.165) is 24.3 Å². The first-order valence-electron chi connectivity index (χ1n) is 6.53. The summed E-state index contributed by atoms with van der Waals surface area (Å²) in [7, 11) is 1.82. The summed E-state index contributed by atoms with van der Waals surface area (Å²) < 4.78 is 5.89. The van der Waals surface area contributed by atoms with Gasteiger partial charge in [0.25, 0.3) is 0 Å². The summed E-state index contributed by atoms with van der Waals surface area (Å²) in [6.45, 7) is 9.66. The van der Waals surface area contributed by atoms with Crippen molar-refractivity contribution in [2.45, 2.75) is 53.4 Å². The molecule has 0 aromatic rings. The van der Waals surface area contributed by atoms with Crippen molar-refractivity contribution in [1.82, 2.24) is 0 Å². The van der Waals surface area contributed by atoms with E-state index >= 15 is 0 Å². The molecule has 0 radical (unpaired) electrons. The minimum atomic E-state index is 0.0367. The highest BCUT2D eigenvalue weighted by molar-refractivity contribution is 5.81. The number of hydrogen-bond acceptors (Lipinski definition) is 2. The molecule has 0 aromatic carbocycles. The van der Waals surface area contributed by atoms with Gasteiger partial charge in [0, 0.05) is 12.5 Å². The van der Waals surface area contributed by atoms with Crippen LogP contribution in [0.3, 0.4) is 0 Å². The molecule has 0 heterocycles. The van der Waals surface area contributed by atoms with Crippen molar-refractivity contribution in [2.75, 3.05) is 13.7 Å². The number of rotatable bonds is 2. The van der Waals surface area contributed by atoms with Crippen molar-refractivity contribution in [3.05, 3.63) is 0 Å². The van der Waals surface area contributed by atoms with Gasteiger partial charge in [0.05, 0.1) is 6.61 Å². The molecule has 0 bridgehead atoms. The fraction of sp³-hybridized carbons (Fsp3) is 0.929. The van der Waals surface area contributed by atoms with Gasteiger partial charge in [-0.1, -0.05) is 40.5 Å². The number of hydrogen-bond donors (Lipinski definition) is 0. The standard InChI is InChI=1S/C14H27NO/c1-11-7-6-8-12(9-11)10-16-13(15-5)14(2,3)4/h11-12H,6-10H2,1-5H3. The average Bonchev–Trinajstić information content (AvgIpc) is 2.16. The maximum Gasteiger partial charge on any atom is 0.188 e. The van der Waals surface area contributed by atoms with Gasteiger partial charge in [0.1, 0.15) is 0 Å². The minimum Gasteiger partial charge on any atom is -0.480 e. The first kappa shape index (κ1) is 13.5. The van der Waals surface area contributed by atoms with E-state index in [9.17, 15) is 0 Å². The third kappa shape index (κ3) is 4.15. The summed E-state index contributed by atoms with van der Waals surface area (Å²) in [6, 6.07) is 0. The lowest BCUT2D eigenvalue weighted by molar-refractivity contribution is 0.160. The van der Waals surface area contributed by atoms with Crippen molar-refractivity contribution in [3.8, 4) is 0 Å². The lowest BCUT2D eigenvalue weighted by Crippen LogP contribution is -2.27. The molecule has 1 aliphatic rings. The fourth-order valence-corrected chi connectivity index (χ4v) is 2.52. The Morgan fingerprint density at radius 3 is 2.50 bits per heavy atom. The van der Waals surface area contributed by atoms with Crippen LogP contribution < -0.4 is 0 Å². The van der Waals surface area contributed by atoms with Crippen molar-refractivity contribution in [1.29, 1.82) is 0 Å². The molecule has 0 amide bonds. The van der Waals surface area contributed by atoms with Gasteiger partial charge in [-0.2, -0.15) is 0 Å². The van der Waals surface area contributed by atoms with E-state index in [1.54, 1.807) is 0 Å². The lowest BCUT2D eigenvalue weighted by atomic mass is 9.83. The number of nitrogens with zero attached hydrogens (tertiary/aromatic N) is 1. The predicted molar refractivity (Wildman–Crippen MR) is 69.9 cm³/mol. The highest BCUT2D eigenvalue weighted by Crippen LogP contribution is 2.29. The van der Waals surface area contributed by atoms with Crippen LogP contribution in [-0.2, 0) is 4.74 Å². The van der Waals surface area contributed by atoms with Crippen molar-refractivity contribution >= 4 is 5.90 Å². The van der Waals surface area contributed by atoms with Crippen LogP contribution >= 0.6 is 0 Å². The zero-order chi connectivity index (χ0) is 12.2. The molecular weight excluding hydrogens is 198 g/mol. The summed E-state index contributed by atoms with van der Waals surface area (Å²) in [5.41, 5.74) is 0.0367. The smallest absolute Gasteiger partial charge is 0.188 e. The Bertz CT molecular complexity index is 240. The molecule has 0 N–H and O–H groups in total. The molecule has 2 unspecified atom stereocenters. The SMILES string of the molecule is CN=C(OCC1CCCC(C)C1)C(C)(C)C. The van der Waals surface area contributed by atoms with Crippen LogP contribution in [0.5, 0.6) is 0 Å². The Labute approximate surface area is 100 Å². The van der Waals surface area contributed by atoms with E-state index in [2.05, 4.69) is 32.7 Å². The van der Waals surface area contributed by atoms with Crippen molar-refractivity contribution in [3.63, 3.8) is 0 Å². The van der Waals surface area contributed by atoms with E-state index in [1.165, 1.54) is 25.7 Å². The average molecular weight is 225 g/mol. The molecule has 2 nitrogen and oxygen atoms in total. The molecule has 0 saturated heterocycles. The molecule has 2 heteroatoms. The second kappa shape index (κ2) is 5.70. The van der Waals surface area contributed by atoms with Gasteiger partial charge < -0.3 is 4.74 Å². The van der Waals surface area contributed by atoms with Gasteiger partial charge in [0.2, 0.25) is 0 Å². The summed E-state index contributed by atoms with van der Waals surface area (Å²) >= 11 is 0. The quantitative estimate of drug-likeness (QED) is 0.516. The van der Waals surface area contributed by atoms with E-state index < -0.39 is 0 Å². The summed E-state index contributed by atoms with van der Waals surface area (Å²) in [5, 5.41) is 0. The van der Waals surface area contributed by atoms with E-state index in [-0.39, 0.29) is 5.41 Å². The van der Waals surface area contributed by atoms with Crippen LogP contribution in [0.1, 0.15) is 53.4 Å². The molecule has 1 aliphatic carbocycles. The van der Waals surface area contributed by atoms with Gasteiger partial charge in [-0.05, 0) is 24.7 Å². The van der Waals surface area contributed by atoms with Gasteiger partial charge in [-0.3, -0.25) is 4.99 Å². The highest BCUT2D eigenvalue weighted by Gasteiger charge is 2.23. The molecule has 94 valence electrons. The third-order valence-corrected chi connectivity index (χ3v) is 3.35. The zero-order valence-corrected chi connectivity index (χ0v) is 11.5. The predicted octanol–water partition coefficient (Wildman–Crippen LogP) is 3.90. The van der Waals surface area contributed by atoms with Crippen molar-refractivity contribution < 1.29 is 4.74 Å². The van der Waals surface area contributed by atoms with Gasteiger partial charge in [0.15, 0.2) is 5.90 Å². The fourth-order valence-electron chi connectivity index (χ4n) is 2.52. The molecular formula is C14H27NO. The molecule has 0 spiro atoms. The summed E-state index contributed by atoms with van der Waals surface area (Å²) in [5.74, 6) is 2.51. The Kier molecular flexibility index (Phi) is 4.82. The van der Waals surface area contributed by atoms with Gasteiger partial charge in [-0.15, -0.1) is 0 Å². The van der Waals surface area contributed by atoms with Gasteiger partial charge >= 0.3 is 0 Å². The lowest BCUT2D eigenvalue weighted by Gasteiger charge is -2.29. The minimum absolute atomic E-state index is 0.0367. The summed E-state index contributed by atoms with van der Waals surface area (Å²) in [4.78, 5) is 4.26. The maximum atomic E-state index is 5.89. The van der Waals surface area contributed by atoms with Crippen molar-refractivity contribution in [2.24, 2.45) is 22.2 Å². The Morgan fingerprint density at radius 2 is 2.00 bits per heavy atom. The number of ether oxygens (including phenoxy) is 1.